The average Bonchev–Trinajstić information content (AvgIpc) is 2.76. The predicted molar refractivity (Wildman–Crippen MR) is 111 cm³/mol. The number of urea groups is 1. The molecule has 2 amide bonds. The number of halogens is 2. The Bertz CT molecular complexity index is 829. The molecule has 1 aliphatic rings. The van der Waals surface area contributed by atoms with E-state index in [9.17, 15) is 13.6 Å². The Kier molecular flexibility index (Phi) is 7.78. The number of benzene rings is 1. The van der Waals surface area contributed by atoms with Gasteiger partial charge in [-0.2, -0.15) is 0 Å². The van der Waals surface area contributed by atoms with E-state index in [1.54, 1.807) is 30.5 Å². The van der Waals surface area contributed by atoms with Crippen LogP contribution >= 0.6 is 0 Å². The minimum Gasteiger partial charge on any atom is -0.488 e. The number of anilines is 1. The van der Waals surface area contributed by atoms with Crippen LogP contribution in [0.4, 0.5) is 19.4 Å². The van der Waals surface area contributed by atoms with Gasteiger partial charge in [0.15, 0.2) is 0 Å². The second-order valence-corrected chi connectivity index (χ2v) is 7.16. The number of pyridine rings is 1. The van der Waals surface area contributed by atoms with Gasteiger partial charge in [-0.25, -0.2) is 18.6 Å². The zero-order valence-electron chi connectivity index (χ0n) is 17.0. The summed E-state index contributed by atoms with van der Waals surface area (Å²) in [7, 11) is 2.10. The molecule has 2 heterocycles. The molecule has 2 aromatic rings. The van der Waals surface area contributed by atoms with Crippen molar-refractivity contribution in [1.82, 2.24) is 20.5 Å². The van der Waals surface area contributed by atoms with Crippen molar-refractivity contribution in [3.05, 3.63) is 53.7 Å². The monoisotopic (exact) mass is 419 g/mol. The molecule has 3 rings (SSSR count). The molecule has 2 N–H and O–H groups in total. The highest BCUT2D eigenvalue weighted by atomic mass is 19.3. The molecule has 0 atom stereocenters. The lowest BCUT2D eigenvalue weighted by atomic mass is 10.2. The van der Waals surface area contributed by atoms with Crippen LogP contribution < -0.4 is 20.3 Å². The minimum absolute atomic E-state index is 0.260. The van der Waals surface area contributed by atoms with Crippen LogP contribution in [0, 0.1) is 0 Å². The highest BCUT2D eigenvalue weighted by molar-refractivity contribution is 5.74. The van der Waals surface area contributed by atoms with Gasteiger partial charge < -0.3 is 25.2 Å². The van der Waals surface area contributed by atoms with Crippen molar-refractivity contribution in [2.24, 2.45) is 0 Å². The van der Waals surface area contributed by atoms with Crippen LogP contribution in [-0.4, -0.2) is 62.2 Å². The topological polar surface area (TPSA) is 69.7 Å². The van der Waals surface area contributed by atoms with Gasteiger partial charge in [-0.15, -0.1) is 0 Å². The lowest BCUT2D eigenvalue weighted by Gasteiger charge is -2.34. The van der Waals surface area contributed by atoms with E-state index in [-0.39, 0.29) is 12.6 Å². The number of piperazine rings is 1. The van der Waals surface area contributed by atoms with E-state index < -0.39 is 13.0 Å². The van der Waals surface area contributed by atoms with E-state index in [0.29, 0.717) is 12.3 Å². The third kappa shape index (κ3) is 6.55. The Morgan fingerprint density at radius 2 is 1.90 bits per heavy atom. The van der Waals surface area contributed by atoms with Crippen LogP contribution in [-0.2, 0) is 13.1 Å². The molecule has 1 fully saturated rings. The van der Waals surface area contributed by atoms with Crippen LogP contribution in [0.2, 0.25) is 0 Å². The molecule has 1 aliphatic heterocycles. The number of carbonyl (C=O) groups excluding carboxylic acids is 1. The number of aromatic nitrogens is 1. The Balaban J connectivity index is 1.49. The van der Waals surface area contributed by atoms with Gasteiger partial charge in [-0.05, 0) is 30.8 Å². The first kappa shape index (κ1) is 21.8. The fourth-order valence-electron chi connectivity index (χ4n) is 3.20. The number of alkyl halides is 2. The van der Waals surface area contributed by atoms with Crippen LogP contribution in [0.3, 0.4) is 0 Å². The van der Waals surface area contributed by atoms with Gasteiger partial charge in [0.2, 0.25) is 0 Å². The number of hydrogen-bond donors (Lipinski definition) is 2. The zero-order valence-corrected chi connectivity index (χ0v) is 17.0. The van der Waals surface area contributed by atoms with Crippen molar-refractivity contribution < 1.29 is 18.3 Å². The molecular weight excluding hydrogens is 392 g/mol. The van der Waals surface area contributed by atoms with Crippen LogP contribution in [0.25, 0.3) is 0 Å². The molecule has 0 unspecified atom stereocenters. The Morgan fingerprint density at radius 1 is 1.13 bits per heavy atom. The fraction of sp³-hybridized carbons (Fsp3) is 0.429. The second kappa shape index (κ2) is 10.7. The lowest BCUT2D eigenvalue weighted by Crippen LogP contribution is -2.45. The summed E-state index contributed by atoms with van der Waals surface area (Å²) in [6.45, 7) is 3.72. The molecular formula is C21H27F2N5O2. The van der Waals surface area contributed by atoms with Crippen LogP contribution in [0.5, 0.6) is 5.75 Å². The quantitative estimate of drug-likeness (QED) is 0.688. The fourth-order valence-corrected chi connectivity index (χ4v) is 3.20. The van der Waals surface area contributed by atoms with E-state index in [1.807, 2.05) is 12.1 Å². The summed E-state index contributed by atoms with van der Waals surface area (Å²) < 4.78 is 29.5. The number of nitrogens with one attached hydrogen (secondary N) is 2. The number of hydrogen-bond acceptors (Lipinski definition) is 5. The van der Waals surface area contributed by atoms with Crippen molar-refractivity contribution in [1.29, 1.82) is 0 Å². The number of likely N-dealkylation sites (N-methyl/N-ethyl adjacent to an activating group) is 1. The summed E-state index contributed by atoms with van der Waals surface area (Å²) >= 11 is 0. The van der Waals surface area contributed by atoms with Crippen molar-refractivity contribution in [2.75, 3.05) is 44.7 Å². The minimum atomic E-state index is -2.53. The first-order valence-electron chi connectivity index (χ1n) is 9.90. The normalized spacial score (nSPS) is 14.6. The van der Waals surface area contributed by atoms with Gasteiger partial charge in [-0.1, -0.05) is 18.2 Å². The summed E-state index contributed by atoms with van der Waals surface area (Å²) in [5, 5.41) is 5.63. The molecule has 9 heteroatoms. The number of nitrogens with zero attached hydrogens (tertiary/aromatic N) is 3. The summed E-state index contributed by atoms with van der Waals surface area (Å²) in [5.74, 6) is 1.25. The van der Waals surface area contributed by atoms with E-state index >= 15 is 0 Å². The molecule has 0 saturated carbocycles. The highest BCUT2D eigenvalue weighted by Gasteiger charge is 2.18. The molecule has 0 aliphatic carbocycles. The highest BCUT2D eigenvalue weighted by Crippen LogP contribution is 2.18. The van der Waals surface area contributed by atoms with Gasteiger partial charge >= 0.3 is 6.03 Å². The van der Waals surface area contributed by atoms with E-state index in [1.165, 1.54) is 0 Å². The smallest absolute Gasteiger partial charge is 0.315 e. The van der Waals surface area contributed by atoms with Crippen molar-refractivity contribution in [2.45, 2.75) is 19.5 Å². The molecule has 7 nitrogen and oxygen atoms in total. The third-order valence-corrected chi connectivity index (χ3v) is 4.84. The van der Waals surface area contributed by atoms with Crippen molar-refractivity contribution >= 4 is 11.8 Å². The summed E-state index contributed by atoms with van der Waals surface area (Å²) in [5.41, 5.74) is 1.72. The van der Waals surface area contributed by atoms with Crippen molar-refractivity contribution in [3.8, 4) is 5.75 Å². The van der Waals surface area contributed by atoms with Gasteiger partial charge in [0.05, 0.1) is 0 Å². The molecule has 1 aromatic carbocycles. The second-order valence-electron chi connectivity index (χ2n) is 7.16. The Morgan fingerprint density at radius 3 is 2.67 bits per heavy atom. The number of carbonyl (C=O) groups is 1. The maximum Gasteiger partial charge on any atom is 0.315 e. The van der Waals surface area contributed by atoms with E-state index in [2.05, 4.69) is 32.5 Å². The number of amides is 2. The van der Waals surface area contributed by atoms with E-state index in [0.717, 1.165) is 43.1 Å². The molecule has 0 bridgehead atoms. The molecule has 0 spiro atoms. The summed E-state index contributed by atoms with van der Waals surface area (Å²) in [4.78, 5) is 21.2. The third-order valence-electron chi connectivity index (χ3n) is 4.84. The maximum absolute atomic E-state index is 12.3. The largest absolute Gasteiger partial charge is 0.488 e. The standard InChI is InChI=1S/C21H27F2N5O2/c1-27-8-10-28(11-9-27)20-17(5-3-7-24-20)14-26-21(29)25-13-16-4-2-6-18(12-16)30-15-19(22)23/h2-7,12,19H,8-11,13-15H2,1H3,(H2,25,26,29). The number of rotatable bonds is 8. The SMILES string of the molecule is CN1CCN(c2ncccc2CNC(=O)NCc2cccc(OCC(F)F)c2)CC1. The van der Waals surface area contributed by atoms with Crippen LogP contribution in [0.1, 0.15) is 11.1 Å². The average molecular weight is 419 g/mol. The number of ether oxygens (including phenoxy) is 1. The maximum atomic E-state index is 12.3. The summed E-state index contributed by atoms with van der Waals surface area (Å²) in [6.07, 6.45) is -0.763. The molecule has 0 radical (unpaired) electrons. The lowest BCUT2D eigenvalue weighted by molar-refractivity contribution is 0.0818. The van der Waals surface area contributed by atoms with Gasteiger partial charge in [0, 0.05) is 51.0 Å². The predicted octanol–water partition coefficient (Wildman–Crippen LogP) is 2.48. The zero-order chi connectivity index (χ0) is 21.3. The molecule has 30 heavy (non-hydrogen) atoms. The summed E-state index contributed by atoms with van der Waals surface area (Å²) in [6, 6.07) is 10.2. The van der Waals surface area contributed by atoms with Gasteiger partial charge in [-0.3, -0.25) is 0 Å². The van der Waals surface area contributed by atoms with Gasteiger partial charge in [0.1, 0.15) is 18.2 Å². The van der Waals surface area contributed by atoms with Gasteiger partial charge in [0.25, 0.3) is 6.43 Å². The van der Waals surface area contributed by atoms with E-state index in [4.69, 9.17) is 4.74 Å². The van der Waals surface area contributed by atoms with Crippen molar-refractivity contribution in [3.63, 3.8) is 0 Å². The molecule has 162 valence electrons. The first-order chi connectivity index (χ1) is 14.5. The first-order valence-corrected chi connectivity index (χ1v) is 9.90. The Hall–Kier alpha value is -2.94. The molecule has 1 aromatic heterocycles. The molecule has 1 saturated heterocycles. The van der Waals surface area contributed by atoms with Crippen LogP contribution in [0.15, 0.2) is 42.6 Å². The Labute approximate surface area is 175 Å².